The minimum absolute atomic E-state index is 0.0501. The highest BCUT2D eigenvalue weighted by atomic mass is 19.1. The molecule has 3 rings (SSSR count). The molecule has 0 aliphatic carbocycles. The number of rotatable bonds is 7. The Hall–Kier alpha value is -3.74. The van der Waals surface area contributed by atoms with E-state index < -0.39 is 29.4 Å². The normalized spacial score (nSPS) is 11.6. The van der Waals surface area contributed by atoms with Gasteiger partial charge >= 0.3 is 5.97 Å². The van der Waals surface area contributed by atoms with E-state index in [1.54, 1.807) is 18.2 Å². The van der Waals surface area contributed by atoms with Crippen LogP contribution < -0.4 is 5.32 Å². The number of benzene rings is 3. The van der Waals surface area contributed by atoms with Crippen LogP contribution in [0.4, 0.5) is 8.78 Å². The summed E-state index contributed by atoms with van der Waals surface area (Å²) in [5.74, 6) is -2.88. The van der Waals surface area contributed by atoms with Crippen molar-refractivity contribution in [1.82, 2.24) is 5.32 Å². The molecule has 31 heavy (non-hydrogen) atoms. The molecule has 0 fully saturated rings. The number of carbonyl (C=O) groups is 2. The maximum absolute atomic E-state index is 14.5. The standard InChI is InChI=1S/C24H21F2NO4/c1-31-24(30)18(12-15-2-9-20(28)10-3-15)14-27-23(29)21-11-6-17(13-22(21)26)16-4-7-19(25)8-5-16/h2-11,13,18,28H,12,14H2,1H3,(H,27,29). The number of amides is 1. The first-order chi connectivity index (χ1) is 14.9. The van der Waals surface area contributed by atoms with Crippen LogP contribution in [0.5, 0.6) is 5.75 Å². The lowest BCUT2D eigenvalue weighted by atomic mass is 9.99. The summed E-state index contributed by atoms with van der Waals surface area (Å²) in [6, 6.07) is 16.0. The van der Waals surface area contributed by atoms with Crippen molar-refractivity contribution in [1.29, 1.82) is 0 Å². The molecule has 0 aliphatic heterocycles. The van der Waals surface area contributed by atoms with Crippen molar-refractivity contribution in [3.8, 4) is 16.9 Å². The Kier molecular flexibility index (Phi) is 6.97. The fraction of sp³-hybridized carbons (Fsp3) is 0.167. The molecule has 0 spiro atoms. The summed E-state index contributed by atoms with van der Waals surface area (Å²) >= 11 is 0. The number of nitrogens with one attached hydrogen (secondary N) is 1. The number of aromatic hydroxyl groups is 1. The van der Waals surface area contributed by atoms with Gasteiger partial charge in [0, 0.05) is 6.54 Å². The summed E-state index contributed by atoms with van der Waals surface area (Å²) in [4.78, 5) is 24.6. The molecule has 1 amide bonds. The zero-order valence-electron chi connectivity index (χ0n) is 16.8. The van der Waals surface area contributed by atoms with Crippen LogP contribution in [-0.2, 0) is 16.0 Å². The topological polar surface area (TPSA) is 75.6 Å². The van der Waals surface area contributed by atoms with Gasteiger partial charge in [0.25, 0.3) is 5.91 Å². The number of carbonyl (C=O) groups excluding carboxylic acids is 2. The Morgan fingerprint density at radius 3 is 2.23 bits per heavy atom. The van der Waals surface area contributed by atoms with Crippen molar-refractivity contribution in [2.45, 2.75) is 6.42 Å². The Morgan fingerprint density at radius 1 is 0.968 bits per heavy atom. The first kappa shape index (κ1) is 22.0. The monoisotopic (exact) mass is 425 g/mol. The van der Waals surface area contributed by atoms with Gasteiger partial charge in [0.05, 0.1) is 18.6 Å². The average molecular weight is 425 g/mol. The molecule has 3 aromatic rings. The highest BCUT2D eigenvalue weighted by Crippen LogP contribution is 2.22. The van der Waals surface area contributed by atoms with E-state index in [9.17, 15) is 23.5 Å². The number of halogens is 2. The fourth-order valence-electron chi connectivity index (χ4n) is 3.15. The fourth-order valence-corrected chi connectivity index (χ4v) is 3.15. The lowest BCUT2D eigenvalue weighted by molar-refractivity contribution is -0.145. The van der Waals surface area contributed by atoms with Gasteiger partial charge in [0.15, 0.2) is 0 Å². The summed E-state index contributed by atoms with van der Waals surface area (Å²) < 4.78 is 32.4. The van der Waals surface area contributed by atoms with E-state index in [1.807, 2.05) is 0 Å². The highest BCUT2D eigenvalue weighted by Gasteiger charge is 2.22. The van der Waals surface area contributed by atoms with E-state index in [0.717, 1.165) is 5.56 Å². The van der Waals surface area contributed by atoms with E-state index in [2.05, 4.69) is 5.32 Å². The third kappa shape index (κ3) is 5.66. The number of methoxy groups -OCH3 is 1. The summed E-state index contributed by atoms with van der Waals surface area (Å²) in [6.45, 7) is -0.0501. The number of phenolic OH excluding ortho intramolecular Hbond substituents is 1. The SMILES string of the molecule is COC(=O)C(CNC(=O)c1ccc(-c2ccc(F)cc2)cc1F)Cc1ccc(O)cc1. The largest absolute Gasteiger partial charge is 0.508 e. The van der Waals surface area contributed by atoms with Gasteiger partial charge in [-0.15, -0.1) is 0 Å². The predicted octanol–water partition coefficient (Wildman–Crippen LogP) is 4.10. The molecule has 1 unspecified atom stereocenters. The minimum atomic E-state index is -0.729. The first-order valence-corrected chi connectivity index (χ1v) is 9.57. The lowest BCUT2D eigenvalue weighted by Gasteiger charge is -2.16. The lowest BCUT2D eigenvalue weighted by Crippen LogP contribution is -2.35. The van der Waals surface area contributed by atoms with Gasteiger partial charge in [-0.1, -0.05) is 30.3 Å². The summed E-state index contributed by atoms with van der Waals surface area (Å²) in [5.41, 5.74) is 1.73. The van der Waals surface area contributed by atoms with Gasteiger partial charge in [-0.3, -0.25) is 9.59 Å². The zero-order valence-corrected chi connectivity index (χ0v) is 16.8. The second-order valence-corrected chi connectivity index (χ2v) is 7.00. The molecule has 7 heteroatoms. The Morgan fingerprint density at radius 2 is 1.61 bits per heavy atom. The number of phenols is 1. The van der Waals surface area contributed by atoms with Gasteiger partial charge < -0.3 is 15.2 Å². The van der Waals surface area contributed by atoms with E-state index in [4.69, 9.17) is 4.74 Å². The molecular weight excluding hydrogens is 404 g/mol. The second-order valence-electron chi connectivity index (χ2n) is 7.00. The summed E-state index contributed by atoms with van der Waals surface area (Å²) in [6.07, 6.45) is 0.277. The van der Waals surface area contributed by atoms with Gasteiger partial charge in [0.1, 0.15) is 17.4 Å². The molecule has 0 radical (unpaired) electrons. The van der Waals surface area contributed by atoms with Crippen molar-refractivity contribution >= 4 is 11.9 Å². The molecular formula is C24H21F2NO4. The van der Waals surface area contributed by atoms with E-state index >= 15 is 0 Å². The molecule has 160 valence electrons. The van der Waals surface area contributed by atoms with Gasteiger partial charge in [-0.2, -0.15) is 0 Å². The smallest absolute Gasteiger partial charge is 0.310 e. The van der Waals surface area contributed by atoms with E-state index in [0.29, 0.717) is 11.1 Å². The number of hydrogen-bond donors (Lipinski definition) is 2. The Bertz CT molecular complexity index is 1070. The Balaban J connectivity index is 1.69. The molecule has 2 N–H and O–H groups in total. The quantitative estimate of drug-likeness (QED) is 0.559. The Labute approximate surface area is 178 Å². The van der Waals surface area contributed by atoms with Crippen molar-refractivity contribution in [3.05, 3.63) is 89.5 Å². The van der Waals surface area contributed by atoms with Crippen LogP contribution in [0, 0.1) is 17.6 Å². The number of ether oxygens (including phenoxy) is 1. The summed E-state index contributed by atoms with van der Waals surface area (Å²) in [7, 11) is 1.25. The van der Waals surface area contributed by atoms with E-state index in [1.165, 1.54) is 55.6 Å². The molecule has 0 bridgehead atoms. The second kappa shape index (κ2) is 9.84. The van der Waals surface area contributed by atoms with Crippen molar-refractivity contribution < 1.29 is 28.2 Å². The molecule has 0 heterocycles. The van der Waals surface area contributed by atoms with Crippen LogP contribution in [0.1, 0.15) is 15.9 Å². The first-order valence-electron chi connectivity index (χ1n) is 9.57. The molecule has 0 saturated carbocycles. The van der Waals surface area contributed by atoms with Gasteiger partial charge in [0.2, 0.25) is 0 Å². The van der Waals surface area contributed by atoms with Crippen LogP contribution in [0.2, 0.25) is 0 Å². The molecule has 0 aromatic heterocycles. The summed E-state index contributed by atoms with van der Waals surface area (Å²) in [5, 5.41) is 12.0. The highest BCUT2D eigenvalue weighted by molar-refractivity contribution is 5.95. The van der Waals surface area contributed by atoms with E-state index in [-0.39, 0.29) is 24.3 Å². The zero-order chi connectivity index (χ0) is 22.4. The molecule has 1 atom stereocenters. The molecule has 3 aromatic carbocycles. The minimum Gasteiger partial charge on any atom is -0.508 e. The van der Waals surface area contributed by atoms with Crippen LogP contribution in [-0.4, -0.2) is 30.6 Å². The molecule has 0 aliphatic rings. The van der Waals surface area contributed by atoms with Crippen molar-refractivity contribution in [2.75, 3.05) is 13.7 Å². The maximum atomic E-state index is 14.5. The van der Waals surface area contributed by atoms with Gasteiger partial charge in [-0.05, 0) is 59.5 Å². The van der Waals surface area contributed by atoms with Crippen molar-refractivity contribution in [2.24, 2.45) is 5.92 Å². The van der Waals surface area contributed by atoms with Crippen LogP contribution in [0.15, 0.2) is 66.7 Å². The maximum Gasteiger partial charge on any atom is 0.310 e. The third-order valence-electron chi connectivity index (χ3n) is 4.85. The third-order valence-corrected chi connectivity index (χ3v) is 4.85. The van der Waals surface area contributed by atoms with Crippen molar-refractivity contribution in [3.63, 3.8) is 0 Å². The van der Waals surface area contributed by atoms with Gasteiger partial charge in [-0.25, -0.2) is 8.78 Å². The van der Waals surface area contributed by atoms with Crippen LogP contribution in [0.25, 0.3) is 11.1 Å². The predicted molar refractivity (Wildman–Crippen MR) is 111 cm³/mol. The average Bonchev–Trinajstić information content (AvgIpc) is 2.77. The molecule has 0 saturated heterocycles. The number of esters is 1. The number of hydrogen-bond acceptors (Lipinski definition) is 4. The van der Waals surface area contributed by atoms with Crippen LogP contribution >= 0.6 is 0 Å². The van der Waals surface area contributed by atoms with Crippen LogP contribution in [0.3, 0.4) is 0 Å². The molecule has 5 nitrogen and oxygen atoms in total.